The molecule has 2 saturated heterocycles. The van der Waals surface area contributed by atoms with Gasteiger partial charge in [-0.15, -0.1) is 11.3 Å². The number of aliphatic hydroxyl groups excluding tert-OH is 1. The van der Waals surface area contributed by atoms with Gasteiger partial charge in [0.2, 0.25) is 5.91 Å². The molecule has 6 heteroatoms. The first-order valence-corrected chi connectivity index (χ1v) is 13.4. The molecule has 1 N–H and O–H groups in total. The summed E-state index contributed by atoms with van der Waals surface area (Å²) < 4.78 is 6.02. The molecule has 3 heterocycles. The van der Waals surface area contributed by atoms with E-state index in [0.717, 1.165) is 52.0 Å². The number of aliphatic hydroxyl groups is 1. The van der Waals surface area contributed by atoms with Crippen LogP contribution < -0.4 is 0 Å². The summed E-state index contributed by atoms with van der Waals surface area (Å²) >= 11 is 1.90. The number of hydrogen-bond donors (Lipinski definition) is 1. The molecule has 4 rings (SSSR count). The van der Waals surface area contributed by atoms with Crippen molar-refractivity contribution in [1.29, 1.82) is 0 Å². The number of rotatable bonds is 4. The van der Waals surface area contributed by atoms with Crippen molar-refractivity contribution in [2.24, 2.45) is 23.2 Å². The quantitative estimate of drug-likeness (QED) is 0.724. The van der Waals surface area contributed by atoms with Gasteiger partial charge in [-0.25, -0.2) is 0 Å². The van der Waals surface area contributed by atoms with Crippen LogP contribution in [0.3, 0.4) is 0 Å². The van der Waals surface area contributed by atoms with Gasteiger partial charge in [-0.05, 0) is 75.5 Å². The number of piperidine rings is 1. The lowest BCUT2D eigenvalue weighted by atomic mass is 9.80. The van der Waals surface area contributed by atoms with Gasteiger partial charge in [-0.2, -0.15) is 0 Å². The molecule has 3 fully saturated rings. The first-order chi connectivity index (χ1) is 15.3. The second-order valence-electron chi connectivity index (χ2n) is 11.2. The number of thiophene rings is 1. The highest BCUT2D eigenvalue weighted by molar-refractivity contribution is 7.11. The summed E-state index contributed by atoms with van der Waals surface area (Å²) in [6, 6.07) is 4.48. The molecule has 32 heavy (non-hydrogen) atoms. The molecule has 1 saturated carbocycles. The molecule has 3 aliphatic rings. The molecule has 2 aliphatic heterocycles. The van der Waals surface area contributed by atoms with Gasteiger partial charge in [0.05, 0.1) is 12.7 Å². The van der Waals surface area contributed by atoms with Gasteiger partial charge in [0.25, 0.3) is 0 Å². The Bertz CT molecular complexity index is 760. The van der Waals surface area contributed by atoms with Crippen molar-refractivity contribution >= 4 is 17.2 Å². The number of fused-ring (bicyclic) bond motifs is 1. The van der Waals surface area contributed by atoms with Crippen LogP contribution >= 0.6 is 11.3 Å². The summed E-state index contributed by atoms with van der Waals surface area (Å²) in [5.41, 5.74) is -0.349. The third-order valence-corrected chi connectivity index (χ3v) is 8.73. The predicted octanol–water partition coefficient (Wildman–Crippen LogP) is 4.32. The van der Waals surface area contributed by atoms with Crippen molar-refractivity contribution < 1.29 is 14.6 Å². The van der Waals surface area contributed by atoms with E-state index in [1.807, 2.05) is 16.2 Å². The van der Waals surface area contributed by atoms with E-state index in [4.69, 9.17) is 4.74 Å². The number of aryl methyl sites for hydroxylation is 1. The number of nitrogens with zero attached hydrogens (tertiary/aromatic N) is 2. The van der Waals surface area contributed by atoms with Crippen LogP contribution in [0.15, 0.2) is 12.1 Å². The maximum atomic E-state index is 13.4. The van der Waals surface area contributed by atoms with Crippen LogP contribution in [0.1, 0.15) is 62.1 Å². The normalized spacial score (nSPS) is 30.8. The van der Waals surface area contributed by atoms with Crippen LogP contribution in [0.5, 0.6) is 0 Å². The minimum atomic E-state index is -0.558. The molecule has 3 atom stereocenters. The van der Waals surface area contributed by atoms with Gasteiger partial charge in [-0.3, -0.25) is 9.69 Å². The summed E-state index contributed by atoms with van der Waals surface area (Å²) in [6.45, 7) is 12.0. The number of ether oxygens (including phenoxy) is 1. The van der Waals surface area contributed by atoms with E-state index in [1.165, 1.54) is 22.6 Å². The van der Waals surface area contributed by atoms with Crippen LogP contribution in [0.2, 0.25) is 0 Å². The number of β-amino-alcohol motifs (C(OH)–C–C–N with tert-alkyl or cyclic N) is 1. The Morgan fingerprint density at radius 3 is 2.69 bits per heavy atom. The standard InChI is InChI=1S/C26H42N2O3S/c1-19-6-9-23(32-19)16-27-11-10-21-13-25(30)28(14-20-7-8-20)17-24(29)26(2,3)18-31-12-4-5-22(21)15-27/h6,9,20-22,24,29H,4-5,7-8,10-18H2,1-3H3/t21-,22-,24-/m0/s1. The highest BCUT2D eigenvalue weighted by atomic mass is 32.1. The first-order valence-electron chi connectivity index (χ1n) is 12.6. The zero-order valence-electron chi connectivity index (χ0n) is 20.2. The van der Waals surface area contributed by atoms with Crippen LogP contribution in [0, 0.1) is 30.1 Å². The number of carbonyl (C=O) groups excluding carboxylic acids is 1. The number of hydrogen-bond acceptors (Lipinski definition) is 5. The summed E-state index contributed by atoms with van der Waals surface area (Å²) in [7, 11) is 0. The second kappa shape index (κ2) is 10.5. The van der Waals surface area contributed by atoms with Crippen molar-refractivity contribution in [2.45, 2.75) is 71.9 Å². The average Bonchev–Trinajstić information content (AvgIpc) is 3.47. The Morgan fingerprint density at radius 1 is 1.16 bits per heavy atom. The largest absolute Gasteiger partial charge is 0.391 e. The van der Waals surface area contributed by atoms with Crippen LogP contribution in [-0.4, -0.2) is 66.3 Å². The maximum absolute atomic E-state index is 13.4. The van der Waals surface area contributed by atoms with Crippen LogP contribution in [0.4, 0.5) is 0 Å². The number of likely N-dealkylation sites (tertiary alicyclic amines) is 1. The summed E-state index contributed by atoms with van der Waals surface area (Å²) in [5, 5.41) is 10.9. The number of carbonyl (C=O) groups is 1. The highest BCUT2D eigenvalue weighted by Gasteiger charge is 2.37. The lowest BCUT2D eigenvalue weighted by Crippen LogP contribution is -2.47. The Kier molecular flexibility index (Phi) is 7.97. The molecule has 1 aromatic heterocycles. The van der Waals surface area contributed by atoms with Gasteiger partial charge in [0.15, 0.2) is 0 Å². The van der Waals surface area contributed by atoms with E-state index >= 15 is 0 Å². The Balaban J connectivity index is 1.44. The van der Waals surface area contributed by atoms with Crippen molar-refractivity contribution in [3.63, 3.8) is 0 Å². The van der Waals surface area contributed by atoms with E-state index in [1.54, 1.807) is 0 Å². The molecule has 1 aromatic rings. The molecule has 0 radical (unpaired) electrons. The maximum Gasteiger partial charge on any atom is 0.222 e. The first kappa shape index (κ1) is 24.2. The van der Waals surface area contributed by atoms with E-state index in [-0.39, 0.29) is 11.3 Å². The SMILES string of the molecule is Cc1ccc(CN2CC[C@H]3CC(=O)N(CC4CC4)C[C@H](O)C(C)(C)COCCC[C@H]3C2)s1. The fraction of sp³-hybridized carbons (Fsp3) is 0.808. The third-order valence-electron chi connectivity index (χ3n) is 7.75. The van der Waals surface area contributed by atoms with Gasteiger partial charge >= 0.3 is 0 Å². The Hall–Kier alpha value is -0.950. The molecule has 1 aliphatic carbocycles. The van der Waals surface area contributed by atoms with Gasteiger partial charge < -0.3 is 14.7 Å². The van der Waals surface area contributed by atoms with E-state index < -0.39 is 6.10 Å². The van der Waals surface area contributed by atoms with Crippen molar-refractivity contribution in [3.05, 3.63) is 21.9 Å². The predicted molar refractivity (Wildman–Crippen MR) is 130 cm³/mol. The van der Waals surface area contributed by atoms with Crippen molar-refractivity contribution in [1.82, 2.24) is 9.80 Å². The summed E-state index contributed by atoms with van der Waals surface area (Å²) in [5.74, 6) is 1.87. The topological polar surface area (TPSA) is 53.0 Å². The Labute approximate surface area is 198 Å². The molecule has 0 spiro atoms. The van der Waals surface area contributed by atoms with Crippen molar-refractivity contribution in [3.8, 4) is 0 Å². The second-order valence-corrected chi connectivity index (χ2v) is 12.6. The third kappa shape index (κ3) is 6.55. The van der Waals surface area contributed by atoms with Gasteiger partial charge in [0, 0.05) is 54.4 Å². The summed E-state index contributed by atoms with van der Waals surface area (Å²) in [4.78, 5) is 20.8. The molecule has 1 amide bonds. The highest BCUT2D eigenvalue weighted by Crippen LogP contribution is 2.35. The van der Waals surface area contributed by atoms with Crippen LogP contribution in [-0.2, 0) is 16.1 Å². The monoisotopic (exact) mass is 462 g/mol. The molecule has 0 aromatic carbocycles. The van der Waals surface area contributed by atoms with E-state index in [0.29, 0.717) is 37.3 Å². The smallest absolute Gasteiger partial charge is 0.222 e. The van der Waals surface area contributed by atoms with E-state index in [2.05, 4.69) is 37.8 Å². The molecular formula is C26H42N2O3S. The minimum absolute atomic E-state index is 0.254. The molecule has 0 bridgehead atoms. The summed E-state index contributed by atoms with van der Waals surface area (Å²) in [6.07, 6.45) is 5.75. The zero-order chi connectivity index (χ0) is 22.7. The molecule has 0 unspecified atom stereocenters. The van der Waals surface area contributed by atoms with Gasteiger partial charge in [0.1, 0.15) is 0 Å². The average molecular weight is 463 g/mol. The van der Waals surface area contributed by atoms with Crippen LogP contribution in [0.25, 0.3) is 0 Å². The van der Waals surface area contributed by atoms with Gasteiger partial charge in [-0.1, -0.05) is 13.8 Å². The lowest BCUT2D eigenvalue weighted by molar-refractivity contribution is -0.136. The molecule has 5 nitrogen and oxygen atoms in total. The minimum Gasteiger partial charge on any atom is -0.391 e. The van der Waals surface area contributed by atoms with E-state index in [9.17, 15) is 9.90 Å². The zero-order valence-corrected chi connectivity index (χ0v) is 21.0. The lowest BCUT2D eigenvalue weighted by Gasteiger charge is -2.39. The molecular weight excluding hydrogens is 420 g/mol. The van der Waals surface area contributed by atoms with Crippen molar-refractivity contribution in [2.75, 3.05) is 39.4 Å². The number of amides is 1. The molecule has 180 valence electrons. The fourth-order valence-electron chi connectivity index (χ4n) is 5.26. The Morgan fingerprint density at radius 2 is 1.97 bits per heavy atom. The fourth-order valence-corrected chi connectivity index (χ4v) is 6.20.